The largest absolute Gasteiger partial charge is 0.462 e. The van der Waals surface area contributed by atoms with Gasteiger partial charge in [-0.1, -0.05) is 18.6 Å². The fraction of sp³-hybridized carbons (Fsp3) is 0.550. The molecule has 1 fully saturated rings. The summed E-state index contributed by atoms with van der Waals surface area (Å²) in [6.07, 6.45) is -3.40. The molecule has 0 unspecified atom stereocenters. The molecule has 1 aromatic heterocycles. The van der Waals surface area contributed by atoms with Gasteiger partial charge in [-0.05, 0) is 30.7 Å². The summed E-state index contributed by atoms with van der Waals surface area (Å²) in [5.41, 5.74) is 1.52. The lowest BCUT2D eigenvalue weighted by Crippen LogP contribution is -2.59. The average Bonchev–Trinajstić information content (AvgIpc) is 3.26. The third kappa shape index (κ3) is 5.64. The second kappa shape index (κ2) is 10.8. The minimum Gasteiger partial charge on any atom is -0.462 e. The van der Waals surface area contributed by atoms with Crippen LogP contribution < -0.4 is 0 Å². The summed E-state index contributed by atoms with van der Waals surface area (Å²) in [6, 6.07) is 6.67. The number of esters is 1. The number of unbranched alkanes of at least 4 members (excludes halogenated alkanes) is 1. The van der Waals surface area contributed by atoms with E-state index in [1.165, 1.54) is 4.68 Å². The Morgan fingerprint density at radius 3 is 2.58 bits per heavy atom. The van der Waals surface area contributed by atoms with E-state index in [1.54, 1.807) is 30.5 Å². The standard InChI is InChI=1S/C20H27N3O8/c1-2-3-8-29-19(28)12-4-6-14(7-5-12)23-9-13(21-22-23)11-30-20-18(27)17(26)16(25)15(10-24)31-20/h4-7,9,15-18,20,24-27H,2-3,8,10-11H2,1H3/t15-,16-,17+,18+,20+/m1/s1. The molecule has 0 radical (unpaired) electrons. The van der Waals surface area contributed by atoms with Crippen molar-refractivity contribution >= 4 is 5.97 Å². The Balaban J connectivity index is 1.57. The van der Waals surface area contributed by atoms with Gasteiger partial charge in [0.2, 0.25) is 0 Å². The second-order valence-corrected chi connectivity index (χ2v) is 7.20. The van der Waals surface area contributed by atoms with Crippen LogP contribution in [-0.2, 0) is 20.8 Å². The van der Waals surface area contributed by atoms with Gasteiger partial charge < -0.3 is 34.6 Å². The molecule has 11 heteroatoms. The van der Waals surface area contributed by atoms with Crippen LogP contribution in [0.15, 0.2) is 30.5 Å². The van der Waals surface area contributed by atoms with Crippen molar-refractivity contribution in [3.05, 3.63) is 41.7 Å². The molecule has 3 rings (SSSR count). The van der Waals surface area contributed by atoms with Gasteiger partial charge >= 0.3 is 5.97 Å². The van der Waals surface area contributed by atoms with Gasteiger partial charge in [-0.15, -0.1) is 5.10 Å². The zero-order chi connectivity index (χ0) is 22.4. The fourth-order valence-electron chi connectivity index (χ4n) is 3.01. The molecule has 170 valence electrons. The summed E-state index contributed by atoms with van der Waals surface area (Å²) in [6.45, 7) is 1.77. The van der Waals surface area contributed by atoms with Crippen LogP contribution in [0.5, 0.6) is 0 Å². The smallest absolute Gasteiger partial charge is 0.338 e. The number of rotatable bonds is 9. The number of carbonyl (C=O) groups excluding carboxylic acids is 1. The van der Waals surface area contributed by atoms with Crippen LogP contribution in [0.2, 0.25) is 0 Å². The van der Waals surface area contributed by atoms with E-state index in [9.17, 15) is 25.2 Å². The van der Waals surface area contributed by atoms with Crippen LogP contribution in [0, 0.1) is 0 Å². The van der Waals surface area contributed by atoms with Gasteiger partial charge in [-0.3, -0.25) is 0 Å². The Kier molecular flexibility index (Phi) is 8.07. The van der Waals surface area contributed by atoms with E-state index in [1.807, 2.05) is 6.92 Å². The van der Waals surface area contributed by atoms with Crippen LogP contribution in [0.4, 0.5) is 0 Å². The summed E-state index contributed by atoms with van der Waals surface area (Å²) in [5.74, 6) is -0.382. The van der Waals surface area contributed by atoms with Gasteiger partial charge in [0.05, 0.1) is 37.3 Å². The van der Waals surface area contributed by atoms with Gasteiger partial charge in [0.1, 0.15) is 30.1 Å². The molecule has 11 nitrogen and oxygen atoms in total. The van der Waals surface area contributed by atoms with Crippen LogP contribution in [0.3, 0.4) is 0 Å². The number of nitrogens with zero attached hydrogens (tertiary/aromatic N) is 3. The highest BCUT2D eigenvalue weighted by molar-refractivity contribution is 5.89. The SMILES string of the molecule is CCCCOC(=O)c1ccc(-n2cc(CO[C@H]3O[C@H](CO)[C@@H](O)[C@H](O)[C@@H]3O)nn2)cc1. The number of ether oxygens (including phenoxy) is 3. The molecule has 1 saturated heterocycles. The Bertz CT molecular complexity index is 841. The number of hydrogen-bond acceptors (Lipinski definition) is 10. The first-order valence-electron chi connectivity index (χ1n) is 10.1. The number of hydrogen-bond donors (Lipinski definition) is 4. The van der Waals surface area contributed by atoms with Crippen LogP contribution in [0.1, 0.15) is 35.8 Å². The summed E-state index contributed by atoms with van der Waals surface area (Å²) in [5, 5.41) is 46.8. The van der Waals surface area contributed by atoms with Crippen molar-refractivity contribution in [2.75, 3.05) is 13.2 Å². The third-order valence-corrected chi connectivity index (χ3v) is 4.88. The van der Waals surface area contributed by atoms with E-state index >= 15 is 0 Å². The third-order valence-electron chi connectivity index (χ3n) is 4.88. The molecule has 4 N–H and O–H groups in total. The Labute approximate surface area is 178 Å². The summed E-state index contributed by atoms with van der Waals surface area (Å²) < 4.78 is 17.4. The van der Waals surface area contributed by atoms with E-state index in [2.05, 4.69) is 10.3 Å². The molecular formula is C20H27N3O8. The van der Waals surface area contributed by atoms with Crippen LogP contribution >= 0.6 is 0 Å². The molecule has 1 aliphatic heterocycles. The molecule has 0 aliphatic carbocycles. The Morgan fingerprint density at radius 1 is 1.16 bits per heavy atom. The predicted molar refractivity (Wildman–Crippen MR) is 105 cm³/mol. The molecule has 0 spiro atoms. The molecule has 31 heavy (non-hydrogen) atoms. The van der Waals surface area contributed by atoms with E-state index in [0.717, 1.165) is 12.8 Å². The van der Waals surface area contributed by atoms with Crippen LogP contribution in [0.25, 0.3) is 5.69 Å². The number of aliphatic hydroxyl groups is 4. The normalized spacial score (nSPS) is 26.0. The Morgan fingerprint density at radius 2 is 1.90 bits per heavy atom. The molecule has 2 heterocycles. The van der Waals surface area contributed by atoms with Gasteiger partial charge in [0.15, 0.2) is 6.29 Å². The number of benzene rings is 1. The topological polar surface area (TPSA) is 156 Å². The molecule has 2 aromatic rings. The maximum Gasteiger partial charge on any atom is 0.338 e. The molecular weight excluding hydrogens is 410 g/mol. The first-order valence-corrected chi connectivity index (χ1v) is 10.1. The maximum atomic E-state index is 12.0. The first kappa shape index (κ1) is 23.3. The molecule has 0 saturated carbocycles. The lowest BCUT2D eigenvalue weighted by Gasteiger charge is -2.39. The average molecular weight is 437 g/mol. The van der Waals surface area contributed by atoms with Crippen molar-refractivity contribution in [1.29, 1.82) is 0 Å². The van der Waals surface area contributed by atoms with E-state index in [-0.39, 0.29) is 12.6 Å². The number of aromatic nitrogens is 3. The zero-order valence-electron chi connectivity index (χ0n) is 17.1. The molecule has 0 amide bonds. The molecule has 1 aromatic carbocycles. The van der Waals surface area contributed by atoms with Gasteiger partial charge in [-0.25, -0.2) is 9.48 Å². The summed E-state index contributed by atoms with van der Waals surface area (Å²) in [7, 11) is 0. The first-order chi connectivity index (χ1) is 14.9. The summed E-state index contributed by atoms with van der Waals surface area (Å²) in [4.78, 5) is 12.0. The monoisotopic (exact) mass is 437 g/mol. The van der Waals surface area contributed by atoms with Gasteiger partial charge in [-0.2, -0.15) is 0 Å². The van der Waals surface area contributed by atoms with E-state index in [0.29, 0.717) is 23.6 Å². The fourth-order valence-corrected chi connectivity index (χ4v) is 3.01. The van der Waals surface area contributed by atoms with Crippen molar-refractivity contribution < 1.29 is 39.4 Å². The zero-order valence-corrected chi connectivity index (χ0v) is 17.1. The van der Waals surface area contributed by atoms with Crippen molar-refractivity contribution in [3.8, 4) is 5.69 Å². The lowest BCUT2D eigenvalue weighted by atomic mass is 9.99. The maximum absolute atomic E-state index is 12.0. The molecule has 5 atom stereocenters. The predicted octanol–water partition coefficient (Wildman–Crippen LogP) is -0.459. The highest BCUT2D eigenvalue weighted by Gasteiger charge is 2.44. The van der Waals surface area contributed by atoms with Gasteiger partial charge in [0.25, 0.3) is 0 Å². The highest BCUT2D eigenvalue weighted by atomic mass is 16.7. The van der Waals surface area contributed by atoms with Gasteiger partial charge in [0, 0.05) is 0 Å². The van der Waals surface area contributed by atoms with E-state index < -0.39 is 37.3 Å². The van der Waals surface area contributed by atoms with Crippen LogP contribution in [-0.4, -0.2) is 85.3 Å². The van der Waals surface area contributed by atoms with Crippen molar-refractivity contribution in [2.24, 2.45) is 0 Å². The highest BCUT2D eigenvalue weighted by Crippen LogP contribution is 2.22. The minimum atomic E-state index is -1.52. The lowest BCUT2D eigenvalue weighted by molar-refractivity contribution is -0.304. The molecule has 1 aliphatic rings. The second-order valence-electron chi connectivity index (χ2n) is 7.20. The van der Waals surface area contributed by atoms with E-state index in [4.69, 9.17) is 14.2 Å². The number of carbonyl (C=O) groups is 1. The summed E-state index contributed by atoms with van der Waals surface area (Å²) >= 11 is 0. The number of aliphatic hydroxyl groups excluding tert-OH is 4. The Hall–Kier alpha value is -2.41. The quantitative estimate of drug-likeness (QED) is 0.299. The molecule has 0 bridgehead atoms. The van der Waals surface area contributed by atoms with Crippen molar-refractivity contribution in [1.82, 2.24) is 15.0 Å². The van der Waals surface area contributed by atoms with Crippen molar-refractivity contribution in [2.45, 2.75) is 57.1 Å². The van der Waals surface area contributed by atoms with Crippen molar-refractivity contribution in [3.63, 3.8) is 0 Å². The minimum absolute atomic E-state index is 0.0927.